The van der Waals surface area contributed by atoms with Gasteiger partial charge in [-0.2, -0.15) is 5.26 Å². The Morgan fingerprint density at radius 2 is 1.83 bits per heavy atom. The monoisotopic (exact) mass is 467 g/mol. The SMILES string of the molecule is N#Cc1c(Br)cccc1N1CCC[C@@H]1C1CCN(C(=O)OCc2ccccc2)CC1. The molecule has 2 heterocycles. The quantitative estimate of drug-likeness (QED) is 0.608. The van der Waals surface area contributed by atoms with Gasteiger partial charge in [-0.15, -0.1) is 0 Å². The second-order valence-corrected chi connectivity index (χ2v) is 8.87. The minimum Gasteiger partial charge on any atom is -0.445 e. The van der Waals surface area contributed by atoms with E-state index in [4.69, 9.17) is 4.74 Å². The number of nitrogens with zero attached hydrogens (tertiary/aromatic N) is 3. The van der Waals surface area contributed by atoms with E-state index in [-0.39, 0.29) is 6.09 Å². The Hall–Kier alpha value is -2.52. The van der Waals surface area contributed by atoms with E-state index in [1.807, 2.05) is 47.4 Å². The third-order valence-corrected chi connectivity index (χ3v) is 6.92. The van der Waals surface area contributed by atoms with Gasteiger partial charge in [0.2, 0.25) is 0 Å². The standard InChI is InChI=1S/C24H26BrN3O2/c25-21-8-4-9-23(20(21)16-26)28-13-5-10-22(28)19-11-14-27(15-12-19)24(29)30-17-18-6-2-1-3-7-18/h1-4,6-9,19,22H,5,10-15,17H2/t22-/m1/s1. The van der Waals surface area contributed by atoms with Crippen molar-refractivity contribution in [1.82, 2.24) is 4.90 Å². The van der Waals surface area contributed by atoms with Gasteiger partial charge in [0, 0.05) is 30.1 Å². The summed E-state index contributed by atoms with van der Waals surface area (Å²) < 4.78 is 6.35. The summed E-state index contributed by atoms with van der Waals surface area (Å²) in [4.78, 5) is 16.7. The summed E-state index contributed by atoms with van der Waals surface area (Å²) >= 11 is 3.52. The van der Waals surface area contributed by atoms with Crippen LogP contribution in [0.25, 0.3) is 0 Å². The molecule has 0 bridgehead atoms. The van der Waals surface area contributed by atoms with Crippen LogP contribution in [0.3, 0.4) is 0 Å². The molecule has 4 rings (SSSR count). The van der Waals surface area contributed by atoms with Crippen LogP contribution in [0.2, 0.25) is 0 Å². The number of benzene rings is 2. The molecule has 156 valence electrons. The fourth-order valence-electron chi connectivity index (χ4n) is 4.72. The van der Waals surface area contributed by atoms with E-state index in [9.17, 15) is 10.1 Å². The van der Waals surface area contributed by atoms with E-state index in [1.165, 1.54) is 0 Å². The number of hydrogen-bond donors (Lipinski definition) is 0. The third kappa shape index (κ3) is 4.46. The molecular formula is C24H26BrN3O2. The lowest BCUT2D eigenvalue weighted by molar-refractivity contribution is 0.0799. The molecule has 0 aliphatic carbocycles. The number of carbonyl (C=O) groups is 1. The summed E-state index contributed by atoms with van der Waals surface area (Å²) in [5, 5.41) is 9.62. The van der Waals surface area contributed by atoms with Gasteiger partial charge >= 0.3 is 6.09 Å². The van der Waals surface area contributed by atoms with Gasteiger partial charge in [0.15, 0.2) is 0 Å². The number of amides is 1. The zero-order valence-electron chi connectivity index (χ0n) is 17.0. The van der Waals surface area contributed by atoms with Crippen LogP contribution in [0.4, 0.5) is 10.5 Å². The van der Waals surface area contributed by atoms with Crippen molar-refractivity contribution in [3.8, 4) is 6.07 Å². The second-order valence-electron chi connectivity index (χ2n) is 8.01. The maximum Gasteiger partial charge on any atom is 0.410 e. The lowest BCUT2D eigenvalue weighted by atomic mass is 9.87. The molecular weight excluding hydrogens is 442 g/mol. The predicted octanol–water partition coefficient (Wildman–Crippen LogP) is 5.34. The third-order valence-electron chi connectivity index (χ3n) is 6.26. The van der Waals surface area contributed by atoms with Crippen LogP contribution in [0.5, 0.6) is 0 Å². The molecule has 0 unspecified atom stereocenters. The minimum atomic E-state index is -0.223. The van der Waals surface area contributed by atoms with Gasteiger partial charge in [-0.3, -0.25) is 0 Å². The van der Waals surface area contributed by atoms with Gasteiger partial charge in [0.1, 0.15) is 12.7 Å². The summed E-state index contributed by atoms with van der Waals surface area (Å²) in [6, 6.07) is 18.5. The van der Waals surface area contributed by atoms with Crippen molar-refractivity contribution < 1.29 is 9.53 Å². The first kappa shape index (κ1) is 20.7. The van der Waals surface area contributed by atoms with Gasteiger partial charge < -0.3 is 14.5 Å². The van der Waals surface area contributed by atoms with Gasteiger partial charge in [-0.25, -0.2) is 4.79 Å². The number of likely N-dealkylation sites (tertiary alicyclic amines) is 1. The number of rotatable bonds is 4. The number of piperidine rings is 1. The molecule has 0 aromatic heterocycles. The topological polar surface area (TPSA) is 56.6 Å². The molecule has 2 fully saturated rings. The van der Waals surface area contributed by atoms with Crippen LogP contribution >= 0.6 is 15.9 Å². The molecule has 0 radical (unpaired) electrons. The smallest absolute Gasteiger partial charge is 0.410 e. The Morgan fingerprint density at radius 3 is 2.57 bits per heavy atom. The Bertz CT molecular complexity index is 920. The number of halogens is 1. The van der Waals surface area contributed by atoms with Crippen molar-refractivity contribution in [1.29, 1.82) is 5.26 Å². The van der Waals surface area contributed by atoms with E-state index in [0.29, 0.717) is 24.1 Å². The zero-order valence-corrected chi connectivity index (χ0v) is 18.6. The predicted molar refractivity (Wildman–Crippen MR) is 120 cm³/mol. The molecule has 5 nitrogen and oxygen atoms in total. The minimum absolute atomic E-state index is 0.223. The molecule has 1 atom stereocenters. The molecule has 1 amide bonds. The van der Waals surface area contributed by atoms with Gasteiger partial charge in [0.05, 0.1) is 11.3 Å². The van der Waals surface area contributed by atoms with E-state index < -0.39 is 0 Å². The average Bonchev–Trinajstić information content (AvgIpc) is 3.28. The highest BCUT2D eigenvalue weighted by Crippen LogP contribution is 2.37. The van der Waals surface area contributed by atoms with Crippen LogP contribution in [0, 0.1) is 17.2 Å². The molecule has 0 N–H and O–H groups in total. The van der Waals surface area contributed by atoms with Crippen LogP contribution in [0.1, 0.15) is 36.8 Å². The summed E-state index contributed by atoms with van der Waals surface area (Å²) in [5.41, 5.74) is 2.75. The van der Waals surface area contributed by atoms with Crippen molar-refractivity contribution in [2.75, 3.05) is 24.5 Å². The van der Waals surface area contributed by atoms with Crippen molar-refractivity contribution >= 4 is 27.7 Å². The second kappa shape index (κ2) is 9.53. The molecule has 30 heavy (non-hydrogen) atoms. The number of ether oxygens (including phenoxy) is 1. The fourth-order valence-corrected chi connectivity index (χ4v) is 5.17. The van der Waals surface area contributed by atoms with Crippen LogP contribution in [-0.2, 0) is 11.3 Å². The maximum atomic E-state index is 12.5. The summed E-state index contributed by atoms with van der Waals surface area (Å²) in [6.45, 7) is 2.75. The molecule has 6 heteroatoms. The van der Waals surface area contributed by atoms with Crippen molar-refractivity contribution in [2.24, 2.45) is 5.92 Å². The van der Waals surface area contributed by atoms with E-state index in [0.717, 1.165) is 61.0 Å². The largest absolute Gasteiger partial charge is 0.445 e. The molecule has 2 aromatic carbocycles. The highest BCUT2D eigenvalue weighted by molar-refractivity contribution is 9.10. The molecule has 2 aromatic rings. The first-order valence-corrected chi connectivity index (χ1v) is 11.4. The first-order chi connectivity index (χ1) is 14.7. The Morgan fingerprint density at radius 1 is 1.07 bits per heavy atom. The lowest BCUT2D eigenvalue weighted by Gasteiger charge is -2.39. The van der Waals surface area contributed by atoms with Gasteiger partial charge in [-0.1, -0.05) is 36.4 Å². The average molecular weight is 468 g/mol. The van der Waals surface area contributed by atoms with Crippen LogP contribution in [-0.4, -0.2) is 36.7 Å². The number of carbonyl (C=O) groups excluding carboxylic acids is 1. The Balaban J connectivity index is 1.35. The van der Waals surface area contributed by atoms with E-state index >= 15 is 0 Å². The van der Waals surface area contributed by atoms with Crippen molar-refractivity contribution in [3.63, 3.8) is 0 Å². The first-order valence-electron chi connectivity index (χ1n) is 10.6. The normalized spacial score (nSPS) is 19.5. The summed E-state index contributed by atoms with van der Waals surface area (Å²) in [6.07, 6.45) is 4.00. The summed E-state index contributed by atoms with van der Waals surface area (Å²) in [5.74, 6) is 0.524. The Kier molecular flexibility index (Phi) is 6.59. The zero-order chi connectivity index (χ0) is 20.9. The molecule has 0 spiro atoms. The lowest BCUT2D eigenvalue weighted by Crippen LogP contribution is -2.45. The molecule has 2 aliphatic rings. The van der Waals surface area contributed by atoms with E-state index in [2.05, 4.69) is 33.0 Å². The number of hydrogen-bond acceptors (Lipinski definition) is 4. The molecule has 2 saturated heterocycles. The van der Waals surface area contributed by atoms with Crippen LogP contribution < -0.4 is 4.90 Å². The summed E-state index contributed by atoms with van der Waals surface area (Å²) in [7, 11) is 0. The maximum absolute atomic E-state index is 12.5. The van der Waals surface area contributed by atoms with Crippen molar-refractivity contribution in [3.05, 3.63) is 64.1 Å². The van der Waals surface area contributed by atoms with Gasteiger partial charge in [-0.05, 0) is 65.2 Å². The molecule has 2 aliphatic heterocycles. The number of nitriles is 1. The fraction of sp³-hybridized carbons (Fsp3) is 0.417. The Labute approximate surface area is 186 Å². The van der Waals surface area contributed by atoms with Crippen LogP contribution in [0.15, 0.2) is 53.0 Å². The van der Waals surface area contributed by atoms with E-state index in [1.54, 1.807) is 0 Å². The number of anilines is 1. The highest BCUT2D eigenvalue weighted by atomic mass is 79.9. The van der Waals surface area contributed by atoms with Gasteiger partial charge in [0.25, 0.3) is 0 Å². The van der Waals surface area contributed by atoms with Crippen molar-refractivity contribution in [2.45, 2.75) is 38.3 Å². The highest BCUT2D eigenvalue weighted by Gasteiger charge is 2.36. The molecule has 0 saturated carbocycles.